The Hall–Kier alpha value is -3.56. The zero-order valence-corrected chi connectivity index (χ0v) is 22.3. The van der Waals surface area contributed by atoms with Crippen LogP contribution in [0.5, 0.6) is 17.2 Å². The highest BCUT2D eigenvalue weighted by molar-refractivity contribution is 6.46. The van der Waals surface area contributed by atoms with Crippen molar-refractivity contribution in [2.24, 2.45) is 0 Å². The Balaban J connectivity index is 1.72. The molecule has 0 bridgehead atoms. The molecule has 2 aliphatic heterocycles. The fraction of sp³-hybridized carbons (Fsp3) is 0.448. The zero-order chi connectivity index (χ0) is 27.1. The Morgan fingerprint density at radius 1 is 1.03 bits per heavy atom. The van der Waals surface area contributed by atoms with Crippen molar-refractivity contribution < 1.29 is 33.6 Å². The number of nitrogens with zero attached hydrogens (tertiary/aromatic N) is 2. The summed E-state index contributed by atoms with van der Waals surface area (Å²) in [6.45, 7) is 6.74. The van der Waals surface area contributed by atoms with E-state index in [0.29, 0.717) is 61.2 Å². The molecule has 9 nitrogen and oxygen atoms in total. The van der Waals surface area contributed by atoms with Crippen LogP contribution < -0.4 is 14.2 Å². The molecule has 0 radical (unpaired) electrons. The first kappa shape index (κ1) is 27.5. The summed E-state index contributed by atoms with van der Waals surface area (Å²) in [6.07, 6.45) is 1.52. The number of rotatable bonds is 11. The van der Waals surface area contributed by atoms with E-state index in [4.69, 9.17) is 18.9 Å². The zero-order valence-electron chi connectivity index (χ0n) is 22.3. The molecule has 38 heavy (non-hydrogen) atoms. The van der Waals surface area contributed by atoms with Gasteiger partial charge < -0.3 is 29.0 Å². The Bertz CT molecular complexity index is 1170. The predicted octanol–water partition coefficient (Wildman–Crippen LogP) is 3.64. The van der Waals surface area contributed by atoms with Gasteiger partial charge in [-0.05, 0) is 42.7 Å². The number of benzene rings is 2. The molecule has 0 saturated carbocycles. The first-order valence-corrected chi connectivity index (χ1v) is 13.0. The summed E-state index contributed by atoms with van der Waals surface area (Å²) in [4.78, 5) is 30.5. The molecular weight excluding hydrogens is 488 g/mol. The van der Waals surface area contributed by atoms with E-state index in [2.05, 4.69) is 4.90 Å². The molecule has 9 heteroatoms. The van der Waals surface area contributed by atoms with Gasteiger partial charge in [-0.1, -0.05) is 25.1 Å². The van der Waals surface area contributed by atoms with Crippen LogP contribution in [0.15, 0.2) is 48.0 Å². The molecule has 4 rings (SSSR count). The van der Waals surface area contributed by atoms with Gasteiger partial charge in [0.05, 0.1) is 45.7 Å². The lowest BCUT2D eigenvalue weighted by Gasteiger charge is -2.29. The second-order valence-electron chi connectivity index (χ2n) is 9.29. The lowest BCUT2D eigenvalue weighted by Crippen LogP contribution is -2.38. The predicted molar refractivity (Wildman–Crippen MR) is 143 cm³/mol. The van der Waals surface area contributed by atoms with Crippen LogP contribution in [0.1, 0.15) is 36.9 Å². The Morgan fingerprint density at radius 3 is 2.50 bits per heavy atom. The van der Waals surface area contributed by atoms with Crippen LogP contribution in [-0.4, -0.2) is 86.8 Å². The number of hydrogen-bond acceptors (Lipinski definition) is 8. The maximum absolute atomic E-state index is 13.4. The third-order valence-electron chi connectivity index (χ3n) is 6.82. The average Bonchev–Trinajstić information content (AvgIpc) is 3.21. The van der Waals surface area contributed by atoms with Gasteiger partial charge >= 0.3 is 0 Å². The van der Waals surface area contributed by atoms with Gasteiger partial charge in [0, 0.05) is 31.7 Å². The van der Waals surface area contributed by atoms with Gasteiger partial charge in [0.25, 0.3) is 11.7 Å². The monoisotopic (exact) mass is 524 g/mol. The number of amides is 1. The number of carbonyl (C=O) groups excluding carboxylic acids is 2. The number of likely N-dealkylation sites (tertiary alicyclic amines) is 1. The lowest BCUT2D eigenvalue weighted by atomic mass is 9.95. The van der Waals surface area contributed by atoms with Crippen LogP contribution >= 0.6 is 0 Å². The summed E-state index contributed by atoms with van der Waals surface area (Å²) in [5.41, 5.74) is 1.10. The normalized spacial score (nSPS) is 19.6. The van der Waals surface area contributed by atoms with E-state index in [1.807, 2.05) is 6.92 Å². The number of aliphatic hydroxyl groups is 1. The van der Waals surface area contributed by atoms with Gasteiger partial charge in [-0.3, -0.25) is 14.5 Å². The molecule has 204 valence electrons. The second kappa shape index (κ2) is 12.8. The van der Waals surface area contributed by atoms with Gasteiger partial charge in [0.1, 0.15) is 11.5 Å². The van der Waals surface area contributed by atoms with Crippen LogP contribution in [0.25, 0.3) is 5.76 Å². The van der Waals surface area contributed by atoms with E-state index in [9.17, 15) is 14.7 Å². The Kier molecular flexibility index (Phi) is 9.25. The lowest BCUT2D eigenvalue weighted by molar-refractivity contribution is -0.140. The molecule has 0 aliphatic carbocycles. The van der Waals surface area contributed by atoms with E-state index in [1.165, 1.54) is 7.11 Å². The number of hydrogen-bond donors (Lipinski definition) is 1. The molecular formula is C29H36N2O7. The largest absolute Gasteiger partial charge is 0.507 e. The van der Waals surface area contributed by atoms with Crippen LogP contribution in [0.2, 0.25) is 0 Å². The van der Waals surface area contributed by atoms with Crippen molar-refractivity contribution in [2.75, 3.05) is 60.2 Å². The molecule has 2 aliphatic rings. The van der Waals surface area contributed by atoms with Gasteiger partial charge in [-0.15, -0.1) is 0 Å². The third kappa shape index (κ3) is 5.95. The molecule has 0 spiro atoms. The fourth-order valence-corrected chi connectivity index (χ4v) is 4.88. The minimum Gasteiger partial charge on any atom is -0.507 e. The number of ether oxygens (including phenoxy) is 4. The molecule has 0 aromatic heterocycles. The maximum atomic E-state index is 13.4. The number of morpholine rings is 1. The summed E-state index contributed by atoms with van der Waals surface area (Å²) in [5, 5.41) is 11.4. The molecule has 2 heterocycles. The van der Waals surface area contributed by atoms with Crippen molar-refractivity contribution in [3.63, 3.8) is 0 Å². The van der Waals surface area contributed by atoms with E-state index in [1.54, 1.807) is 54.5 Å². The van der Waals surface area contributed by atoms with Crippen LogP contribution in [0, 0.1) is 0 Å². The molecule has 2 fully saturated rings. The van der Waals surface area contributed by atoms with Crippen molar-refractivity contribution in [3.05, 3.63) is 59.2 Å². The number of methoxy groups -OCH3 is 2. The van der Waals surface area contributed by atoms with Gasteiger partial charge in [0.2, 0.25) is 0 Å². The van der Waals surface area contributed by atoms with E-state index in [-0.39, 0.29) is 11.3 Å². The maximum Gasteiger partial charge on any atom is 0.295 e. The number of carbonyl (C=O) groups is 2. The van der Waals surface area contributed by atoms with Crippen LogP contribution in [-0.2, 0) is 14.3 Å². The van der Waals surface area contributed by atoms with Gasteiger partial charge in [-0.25, -0.2) is 0 Å². The number of aliphatic hydroxyl groups excluding tert-OH is 1. The Labute approximate surface area is 223 Å². The quantitative estimate of drug-likeness (QED) is 0.270. The number of Topliss-reactive ketones (excluding diaryl/α,β-unsaturated/α-hetero) is 1. The van der Waals surface area contributed by atoms with Crippen molar-refractivity contribution in [2.45, 2.75) is 25.8 Å². The topological polar surface area (TPSA) is 97.8 Å². The van der Waals surface area contributed by atoms with Crippen molar-refractivity contribution in [3.8, 4) is 17.2 Å². The molecule has 1 amide bonds. The summed E-state index contributed by atoms with van der Waals surface area (Å²) < 4.78 is 22.0. The summed E-state index contributed by atoms with van der Waals surface area (Å²) >= 11 is 0. The number of ketones is 1. The standard InChI is InChI=1S/C29H36N2O7/c1-4-15-38-22-8-5-7-21(18-22)27(32)25-26(20-9-10-23(35-2)24(19-20)36-3)31(29(34)28(25)33)12-6-11-30-13-16-37-17-14-30/h5,7-10,18-19,26,32H,4,6,11-17H2,1-3H3. The molecule has 1 atom stereocenters. The van der Waals surface area contributed by atoms with Crippen molar-refractivity contribution >= 4 is 17.4 Å². The van der Waals surface area contributed by atoms with Gasteiger partial charge in [-0.2, -0.15) is 0 Å². The fourth-order valence-electron chi connectivity index (χ4n) is 4.88. The SMILES string of the molecule is CCCOc1cccc(C(O)=C2C(=O)C(=O)N(CCCN3CCOCC3)C2c2ccc(OC)c(OC)c2)c1. The van der Waals surface area contributed by atoms with E-state index in [0.717, 1.165) is 26.1 Å². The highest BCUT2D eigenvalue weighted by atomic mass is 16.5. The molecule has 1 unspecified atom stereocenters. The van der Waals surface area contributed by atoms with Crippen LogP contribution in [0.3, 0.4) is 0 Å². The minimum atomic E-state index is -0.778. The van der Waals surface area contributed by atoms with Crippen molar-refractivity contribution in [1.29, 1.82) is 0 Å². The highest BCUT2D eigenvalue weighted by Gasteiger charge is 2.46. The highest BCUT2D eigenvalue weighted by Crippen LogP contribution is 2.42. The smallest absolute Gasteiger partial charge is 0.295 e. The van der Waals surface area contributed by atoms with Crippen molar-refractivity contribution in [1.82, 2.24) is 9.80 Å². The molecule has 2 aromatic carbocycles. The summed E-state index contributed by atoms with van der Waals surface area (Å²) in [6, 6.07) is 11.4. The van der Waals surface area contributed by atoms with E-state index >= 15 is 0 Å². The first-order chi connectivity index (χ1) is 18.5. The second-order valence-corrected chi connectivity index (χ2v) is 9.29. The third-order valence-corrected chi connectivity index (χ3v) is 6.82. The van der Waals surface area contributed by atoms with E-state index < -0.39 is 17.7 Å². The van der Waals surface area contributed by atoms with Gasteiger partial charge in [0.15, 0.2) is 11.5 Å². The Morgan fingerprint density at radius 2 is 1.79 bits per heavy atom. The minimum absolute atomic E-state index is 0.0428. The van der Waals surface area contributed by atoms with Crippen LogP contribution in [0.4, 0.5) is 0 Å². The molecule has 1 N–H and O–H groups in total. The summed E-state index contributed by atoms with van der Waals surface area (Å²) in [7, 11) is 3.07. The molecule has 2 aromatic rings. The molecule has 2 saturated heterocycles. The first-order valence-electron chi connectivity index (χ1n) is 13.0. The average molecular weight is 525 g/mol. The summed E-state index contributed by atoms with van der Waals surface area (Å²) in [5.74, 6) is -0.000494.